The van der Waals surface area contributed by atoms with Crippen LogP contribution in [-0.2, 0) is 25.1 Å². The summed E-state index contributed by atoms with van der Waals surface area (Å²) < 4.78 is 37.1. The summed E-state index contributed by atoms with van der Waals surface area (Å²) in [5.41, 5.74) is -0.0650. The third kappa shape index (κ3) is 5.32. The number of carbonyl (C=O) groups excluding carboxylic acids is 2. The molecule has 9 heteroatoms. The molecule has 0 spiro atoms. The SMILES string of the molecule is COCC(C(=O)C1C=CNC=N1)[Si](C)(CC(=O)OC)Cc1ccc(F)c(F)c1. The normalized spacial score (nSPS) is 18.8. The van der Waals surface area contributed by atoms with E-state index < -0.39 is 37.3 Å². The molecule has 1 aromatic rings. The molecule has 0 saturated heterocycles. The van der Waals surface area contributed by atoms with Gasteiger partial charge >= 0.3 is 5.97 Å². The van der Waals surface area contributed by atoms with Crippen molar-refractivity contribution in [1.82, 2.24) is 5.32 Å². The second-order valence-corrected chi connectivity index (χ2v) is 11.7. The first-order valence-corrected chi connectivity index (χ1v) is 11.8. The standard InChI is InChI=1S/C19H24F2N2O4Si/c1-26-9-17(19(25)16-6-7-22-12-23-16)28(3,11-18(24)27-2)10-13-4-5-14(20)15(21)8-13/h4-8,12,16-17H,9-11H2,1-3H3,(H,22,23). The summed E-state index contributed by atoms with van der Waals surface area (Å²) in [6, 6.07) is 3.27. The number of rotatable bonds is 9. The molecule has 1 aromatic carbocycles. The zero-order valence-corrected chi connectivity index (χ0v) is 17.1. The van der Waals surface area contributed by atoms with Gasteiger partial charge in [-0.3, -0.25) is 14.6 Å². The molecule has 0 bridgehead atoms. The lowest BCUT2D eigenvalue weighted by molar-refractivity contribution is -0.138. The summed E-state index contributed by atoms with van der Waals surface area (Å²) in [5.74, 6) is -2.53. The summed E-state index contributed by atoms with van der Waals surface area (Å²) in [5, 5.41) is 2.78. The van der Waals surface area contributed by atoms with Crippen LogP contribution in [0.15, 0.2) is 35.5 Å². The Balaban J connectivity index is 2.40. The monoisotopic (exact) mass is 410 g/mol. The molecule has 0 aliphatic carbocycles. The summed E-state index contributed by atoms with van der Waals surface area (Å²) in [6.45, 7) is 1.98. The smallest absolute Gasteiger partial charge is 0.302 e. The van der Waals surface area contributed by atoms with Gasteiger partial charge in [-0.2, -0.15) is 0 Å². The first-order chi connectivity index (χ1) is 13.3. The van der Waals surface area contributed by atoms with Crippen LogP contribution in [0.1, 0.15) is 5.56 Å². The highest BCUT2D eigenvalue weighted by atomic mass is 28.3. The van der Waals surface area contributed by atoms with Crippen LogP contribution in [-0.4, -0.2) is 53.0 Å². The molecule has 1 aliphatic heterocycles. The average molecular weight is 410 g/mol. The number of nitrogens with zero attached hydrogens (tertiary/aromatic N) is 1. The van der Waals surface area contributed by atoms with Gasteiger partial charge in [-0.25, -0.2) is 8.78 Å². The number of aliphatic imine (C=N–C) groups is 1. The molecular weight excluding hydrogens is 386 g/mol. The van der Waals surface area contributed by atoms with Crippen LogP contribution in [0.5, 0.6) is 0 Å². The molecule has 152 valence electrons. The van der Waals surface area contributed by atoms with E-state index in [1.807, 2.05) is 6.55 Å². The van der Waals surface area contributed by atoms with Gasteiger partial charge in [0.1, 0.15) is 6.04 Å². The van der Waals surface area contributed by atoms with E-state index in [0.29, 0.717) is 5.56 Å². The molecule has 0 fully saturated rings. The molecule has 28 heavy (non-hydrogen) atoms. The Morgan fingerprint density at radius 3 is 2.61 bits per heavy atom. The van der Waals surface area contributed by atoms with Crippen molar-refractivity contribution in [3.8, 4) is 0 Å². The van der Waals surface area contributed by atoms with E-state index in [9.17, 15) is 18.4 Å². The van der Waals surface area contributed by atoms with Gasteiger partial charge in [-0.1, -0.05) is 12.6 Å². The maximum Gasteiger partial charge on any atom is 0.302 e. The largest absolute Gasteiger partial charge is 0.469 e. The minimum absolute atomic E-state index is 0.0423. The number of ether oxygens (including phenoxy) is 2. The van der Waals surface area contributed by atoms with Crippen LogP contribution < -0.4 is 5.32 Å². The van der Waals surface area contributed by atoms with Crippen LogP contribution in [0.4, 0.5) is 8.78 Å². The van der Waals surface area contributed by atoms with Gasteiger partial charge in [-0.15, -0.1) is 0 Å². The molecule has 0 radical (unpaired) electrons. The number of ketones is 1. The highest BCUT2D eigenvalue weighted by molar-refractivity contribution is 6.84. The van der Waals surface area contributed by atoms with Crippen LogP contribution in [0.3, 0.4) is 0 Å². The molecule has 3 atom stereocenters. The third-order valence-corrected chi connectivity index (χ3v) is 9.31. The zero-order chi connectivity index (χ0) is 20.7. The fourth-order valence-electron chi connectivity index (χ4n) is 3.36. The second-order valence-electron chi connectivity index (χ2n) is 6.99. The molecule has 0 amide bonds. The molecule has 0 aromatic heterocycles. The zero-order valence-electron chi connectivity index (χ0n) is 16.1. The first-order valence-electron chi connectivity index (χ1n) is 8.78. The molecule has 1 heterocycles. The maximum absolute atomic E-state index is 13.7. The number of halogens is 2. The summed E-state index contributed by atoms with van der Waals surface area (Å²) >= 11 is 0. The number of esters is 1. The van der Waals surface area contributed by atoms with Crippen molar-refractivity contribution >= 4 is 26.2 Å². The van der Waals surface area contributed by atoms with Gasteiger partial charge in [0, 0.05) is 24.9 Å². The minimum Gasteiger partial charge on any atom is -0.469 e. The Kier molecular flexibility index (Phi) is 7.58. The number of benzene rings is 1. The highest BCUT2D eigenvalue weighted by Gasteiger charge is 2.45. The van der Waals surface area contributed by atoms with Crippen molar-refractivity contribution in [3.63, 3.8) is 0 Å². The van der Waals surface area contributed by atoms with Crippen molar-refractivity contribution < 1.29 is 27.8 Å². The van der Waals surface area contributed by atoms with Gasteiger partial charge in [0.15, 0.2) is 17.4 Å². The number of hydrogen-bond donors (Lipinski definition) is 1. The van der Waals surface area contributed by atoms with Crippen LogP contribution in [0.2, 0.25) is 18.1 Å². The fraction of sp³-hybridized carbons (Fsp3) is 0.421. The molecular formula is C19H24F2N2O4Si. The highest BCUT2D eigenvalue weighted by Crippen LogP contribution is 2.33. The summed E-state index contributed by atoms with van der Waals surface area (Å²) in [7, 11) is -0.0205. The number of carbonyl (C=O) groups is 2. The van der Waals surface area contributed by atoms with Gasteiger partial charge in [0.2, 0.25) is 0 Å². The third-order valence-electron chi connectivity index (χ3n) is 4.86. The lowest BCUT2D eigenvalue weighted by atomic mass is 10.1. The molecule has 1 aliphatic rings. The number of nitrogens with one attached hydrogen (secondary N) is 1. The van der Waals surface area contributed by atoms with E-state index in [-0.39, 0.29) is 24.5 Å². The fourth-order valence-corrected chi connectivity index (χ4v) is 7.36. The molecule has 6 nitrogen and oxygen atoms in total. The number of methoxy groups -OCH3 is 2. The summed E-state index contributed by atoms with van der Waals surface area (Å²) in [4.78, 5) is 29.5. The van der Waals surface area contributed by atoms with Gasteiger partial charge in [0.25, 0.3) is 0 Å². The van der Waals surface area contributed by atoms with E-state index in [2.05, 4.69) is 10.3 Å². The van der Waals surface area contributed by atoms with Crippen molar-refractivity contribution in [3.05, 3.63) is 47.7 Å². The Hall–Kier alpha value is -2.39. The van der Waals surface area contributed by atoms with Gasteiger partial charge < -0.3 is 14.8 Å². The first kappa shape index (κ1) is 21.9. The Morgan fingerprint density at radius 1 is 1.29 bits per heavy atom. The number of Topliss-reactive ketones (excluding diaryl/α,β-unsaturated/α-hetero) is 1. The average Bonchev–Trinajstić information content (AvgIpc) is 2.69. The van der Waals surface area contributed by atoms with Crippen LogP contribution in [0, 0.1) is 11.6 Å². The van der Waals surface area contributed by atoms with Gasteiger partial charge in [-0.05, 0) is 29.8 Å². The quantitative estimate of drug-likeness (QED) is 0.500. The molecule has 1 N–H and O–H groups in total. The lowest BCUT2D eigenvalue weighted by Crippen LogP contribution is -2.49. The minimum atomic E-state index is -2.78. The van der Waals surface area contributed by atoms with E-state index in [1.165, 1.54) is 26.6 Å². The van der Waals surface area contributed by atoms with Crippen molar-refractivity contribution in [1.29, 1.82) is 0 Å². The molecule has 2 rings (SSSR count). The predicted octanol–water partition coefficient (Wildman–Crippen LogP) is 2.40. The topological polar surface area (TPSA) is 77.0 Å². The van der Waals surface area contributed by atoms with E-state index in [0.717, 1.165) is 12.1 Å². The van der Waals surface area contributed by atoms with Crippen molar-refractivity contribution in [2.75, 3.05) is 20.8 Å². The maximum atomic E-state index is 13.7. The number of hydrogen-bond acceptors (Lipinski definition) is 6. The Morgan fingerprint density at radius 2 is 2.04 bits per heavy atom. The second kappa shape index (κ2) is 9.70. The van der Waals surface area contributed by atoms with Crippen LogP contribution >= 0.6 is 0 Å². The van der Waals surface area contributed by atoms with E-state index in [1.54, 1.807) is 12.3 Å². The Labute approximate surface area is 163 Å². The Bertz CT molecular complexity index is 775. The van der Waals surface area contributed by atoms with E-state index >= 15 is 0 Å². The predicted molar refractivity (Wildman–Crippen MR) is 104 cm³/mol. The van der Waals surface area contributed by atoms with Gasteiger partial charge in [0.05, 0.1) is 28.1 Å². The van der Waals surface area contributed by atoms with Crippen molar-refractivity contribution in [2.24, 2.45) is 4.99 Å². The van der Waals surface area contributed by atoms with Crippen LogP contribution in [0.25, 0.3) is 0 Å². The molecule has 3 unspecified atom stereocenters. The lowest BCUT2D eigenvalue weighted by Gasteiger charge is -2.35. The summed E-state index contributed by atoms with van der Waals surface area (Å²) in [6.07, 6.45) is 4.68. The molecule has 0 saturated carbocycles. The van der Waals surface area contributed by atoms with Crippen molar-refractivity contribution in [2.45, 2.75) is 30.2 Å². The van der Waals surface area contributed by atoms with E-state index in [4.69, 9.17) is 9.47 Å².